The maximum atomic E-state index is 11.2. The predicted octanol–water partition coefficient (Wildman–Crippen LogP) is 1.48. The number of aromatic nitrogens is 1. The van der Waals surface area contributed by atoms with Crippen molar-refractivity contribution in [1.82, 2.24) is 9.71 Å². The van der Waals surface area contributed by atoms with E-state index in [0.29, 0.717) is 5.56 Å². The van der Waals surface area contributed by atoms with Crippen LogP contribution in [0.15, 0.2) is 24.5 Å². The molecule has 0 atom stereocenters. The second-order valence-electron chi connectivity index (χ2n) is 2.11. The van der Waals surface area contributed by atoms with Gasteiger partial charge in [0.15, 0.2) is 0 Å². The minimum absolute atomic E-state index is 0.0880. The number of nitrogens with zero attached hydrogens (tertiary/aromatic N) is 1. The topological polar surface area (TPSA) is 42.0 Å². The van der Waals surface area contributed by atoms with Crippen LogP contribution in [-0.4, -0.2) is 16.6 Å². The molecule has 1 heterocycles. The molecule has 0 bridgehead atoms. The summed E-state index contributed by atoms with van der Waals surface area (Å²) in [6, 6.07) is 3.48. The molecule has 0 aromatic carbocycles. The molecule has 4 heteroatoms. The summed E-state index contributed by atoms with van der Waals surface area (Å²) >= 11 is 1.38. The van der Waals surface area contributed by atoms with Gasteiger partial charge in [-0.2, -0.15) is 0 Å². The van der Waals surface area contributed by atoms with Crippen molar-refractivity contribution in [3.05, 3.63) is 30.1 Å². The largest absolute Gasteiger partial charge is 0.296 e. The Balaban J connectivity index is 2.54. The Kier molecular flexibility index (Phi) is 3.60. The molecule has 1 rings (SSSR count). The molecule has 0 unspecified atom stereocenters. The highest BCUT2D eigenvalue weighted by atomic mass is 32.2. The van der Waals surface area contributed by atoms with E-state index in [2.05, 4.69) is 9.71 Å². The number of carbonyl (C=O) groups excluding carboxylic acids is 1. The van der Waals surface area contributed by atoms with Gasteiger partial charge in [-0.25, -0.2) is 0 Å². The SMILES string of the molecule is CCSNC(=O)c1cccnc1. The summed E-state index contributed by atoms with van der Waals surface area (Å²) in [7, 11) is 0. The molecule has 0 saturated carbocycles. The zero-order valence-electron chi connectivity index (χ0n) is 6.78. The normalized spacial score (nSPS) is 9.42. The van der Waals surface area contributed by atoms with Crippen LogP contribution in [0.25, 0.3) is 0 Å². The smallest absolute Gasteiger partial charge is 0.262 e. The highest BCUT2D eigenvalue weighted by Crippen LogP contribution is 1.99. The fourth-order valence-corrected chi connectivity index (χ4v) is 1.09. The molecule has 3 nitrogen and oxygen atoms in total. The van der Waals surface area contributed by atoms with E-state index in [0.717, 1.165) is 5.75 Å². The Hall–Kier alpha value is -1.03. The molecular weight excluding hydrogens is 172 g/mol. The molecule has 1 amide bonds. The van der Waals surface area contributed by atoms with Crippen molar-refractivity contribution in [1.29, 1.82) is 0 Å². The zero-order chi connectivity index (χ0) is 8.81. The molecule has 12 heavy (non-hydrogen) atoms. The van der Waals surface area contributed by atoms with E-state index in [-0.39, 0.29) is 5.91 Å². The molecule has 0 aliphatic rings. The lowest BCUT2D eigenvalue weighted by molar-refractivity contribution is 0.0984. The Morgan fingerprint density at radius 1 is 1.75 bits per heavy atom. The van der Waals surface area contributed by atoms with E-state index in [1.165, 1.54) is 11.9 Å². The van der Waals surface area contributed by atoms with Gasteiger partial charge in [0, 0.05) is 18.1 Å². The van der Waals surface area contributed by atoms with Crippen molar-refractivity contribution in [2.75, 3.05) is 5.75 Å². The van der Waals surface area contributed by atoms with Crippen molar-refractivity contribution in [3.63, 3.8) is 0 Å². The van der Waals surface area contributed by atoms with Gasteiger partial charge in [-0.05, 0) is 12.1 Å². The number of amides is 1. The highest BCUT2D eigenvalue weighted by molar-refractivity contribution is 7.97. The molecule has 0 spiro atoms. The van der Waals surface area contributed by atoms with Crippen LogP contribution in [-0.2, 0) is 0 Å². The highest BCUT2D eigenvalue weighted by Gasteiger charge is 2.02. The molecule has 0 saturated heterocycles. The quantitative estimate of drug-likeness (QED) is 0.720. The van der Waals surface area contributed by atoms with Crippen LogP contribution in [0.5, 0.6) is 0 Å². The Morgan fingerprint density at radius 2 is 2.58 bits per heavy atom. The molecular formula is C8H10N2OS. The predicted molar refractivity (Wildman–Crippen MR) is 49.8 cm³/mol. The summed E-state index contributed by atoms with van der Waals surface area (Å²) in [4.78, 5) is 15.1. The molecule has 1 aromatic rings. The monoisotopic (exact) mass is 182 g/mol. The van der Waals surface area contributed by atoms with E-state index in [1.54, 1.807) is 24.5 Å². The van der Waals surface area contributed by atoms with Crippen LogP contribution >= 0.6 is 11.9 Å². The van der Waals surface area contributed by atoms with Gasteiger partial charge in [-0.1, -0.05) is 18.9 Å². The van der Waals surface area contributed by atoms with Gasteiger partial charge in [0.1, 0.15) is 0 Å². The average Bonchev–Trinajstić information content (AvgIpc) is 2.15. The second-order valence-corrected chi connectivity index (χ2v) is 3.18. The van der Waals surface area contributed by atoms with Crippen molar-refractivity contribution in [3.8, 4) is 0 Å². The van der Waals surface area contributed by atoms with Gasteiger partial charge in [0.05, 0.1) is 5.56 Å². The van der Waals surface area contributed by atoms with Crippen molar-refractivity contribution in [2.24, 2.45) is 0 Å². The van der Waals surface area contributed by atoms with E-state index in [9.17, 15) is 4.79 Å². The number of hydrogen-bond donors (Lipinski definition) is 1. The summed E-state index contributed by atoms with van der Waals surface area (Å²) in [5.74, 6) is 0.779. The molecule has 0 aliphatic carbocycles. The lowest BCUT2D eigenvalue weighted by Gasteiger charge is -2.00. The van der Waals surface area contributed by atoms with Crippen molar-refractivity contribution < 1.29 is 4.79 Å². The summed E-state index contributed by atoms with van der Waals surface area (Å²) in [6.07, 6.45) is 3.19. The minimum Gasteiger partial charge on any atom is -0.296 e. The van der Waals surface area contributed by atoms with Crippen LogP contribution in [0.3, 0.4) is 0 Å². The van der Waals surface area contributed by atoms with Crippen LogP contribution < -0.4 is 4.72 Å². The van der Waals surface area contributed by atoms with Gasteiger partial charge in [0.25, 0.3) is 5.91 Å². The number of pyridine rings is 1. The van der Waals surface area contributed by atoms with Gasteiger partial charge in [0.2, 0.25) is 0 Å². The van der Waals surface area contributed by atoms with E-state index < -0.39 is 0 Å². The number of nitrogens with one attached hydrogen (secondary N) is 1. The average molecular weight is 182 g/mol. The van der Waals surface area contributed by atoms with Gasteiger partial charge >= 0.3 is 0 Å². The standard InChI is InChI=1S/C8H10N2OS/c1-2-12-10-8(11)7-4-3-5-9-6-7/h3-6H,2H2,1H3,(H,10,11). The zero-order valence-corrected chi connectivity index (χ0v) is 7.60. The van der Waals surface area contributed by atoms with Crippen LogP contribution in [0.1, 0.15) is 17.3 Å². The molecule has 64 valence electrons. The first kappa shape index (κ1) is 9.06. The fraction of sp³-hybridized carbons (Fsp3) is 0.250. The Bertz CT molecular complexity index is 250. The van der Waals surface area contributed by atoms with Crippen molar-refractivity contribution in [2.45, 2.75) is 6.92 Å². The lowest BCUT2D eigenvalue weighted by atomic mass is 10.3. The summed E-state index contributed by atoms with van der Waals surface area (Å²) in [6.45, 7) is 1.98. The maximum Gasteiger partial charge on any atom is 0.262 e. The first-order valence-corrected chi connectivity index (χ1v) is 4.65. The summed E-state index contributed by atoms with van der Waals surface area (Å²) in [5.41, 5.74) is 0.596. The number of carbonyl (C=O) groups is 1. The van der Waals surface area contributed by atoms with Gasteiger partial charge in [-0.3, -0.25) is 14.5 Å². The molecule has 1 N–H and O–H groups in total. The summed E-state index contributed by atoms with van der Waals surface area (Å²) < 4.78 is 2.69. The first-order valence-electron chi connectivity index (χ1n) is 3.66. The van der Waals surface area contributed by atoms with Crippen LogP contribution in [0, 0.1) is 0 Å². The van der Waals surface area contributed by atoms with E-state index in [1.807, 2.05) is 6.92 Å². The molecule has 0 radical (unpaired) electrons. The van der Waals surface area contributed by atoms with Gasteiger partial charge in [-0.15, -0.1) is 0 Å². The van der Waals surface area contributed by atoms with E-state index >= 15 is 0 Å². The number of rotatable bonds is 3. The lowest BCUT2D eigenvalue weighted by Crippen LogP contribution is -2.15. The van der Waals surface area contributed by atoms with E-state index in [4.69, 9.17) is 0 Å². The van der Waals surface area contributed by atoms with Crippen LogP contribution in [0.2, 0.25) is 0 Å². The Morgan fingerprint density at radius 3 is 3.17 bits per heavy atom. The molecule has 1 aromatic heterocycles. The maximum absolute atomic E-state index is 11.2. The third-order valence-electron chi connectivity index (χ3n) is 1.23. The van der Waals surface area contributed by atoms with Gasteiger partial charge < -0.3 is 0 Å². The summed E-state index contributed by atoms with van der Waals surface area (Å²) in [5, 5.41) is 0. The third kappa shape index (κ3) is 2.54. The second kappa shape index (κ2) is 4.77. The Labute approximate surface area is 75.7 Å². The number of hydrogen-bond acceptors (Lipinski definition) is 3. The van der Waals surface area contributed by atoms with Crippen molar-refractivity contribution >= 4 is 17.9 Å². The fourth-order valence-electron chi connectivity index (χ4n) is 0.694. The minimum atomic E-state index is -0.0880. The molecule has 0 fully saturated rings. The first-order chi connectivity index (χ1) is 5.84. The van der Waals surface area contributed by atoms with Crippen LogP contribution in [0.4, 0.5) is 0 Å². The molecule has 0 aliphatic heterocycles. The third-order valence-corrected chi connectivity index (χ3v) is 1.85.